The highest BCUT2D eigenvalue weighted by atomic mass is 32.2. The van der Waals surface area contributed by atoms with Crippen LogP contribution < -0.4 is 9.32 Å². The molecule has 174 valence electrons. The van der Waals surface area contributed by atoms with Gasteiger partial charge in [-0.15, -0.1) is 22.0 Å². The van der Waals surface area contributed by atoms with E-state index < -0.39 is 10.3 Å². The Morgan fingerprint density at radius 2 is 1.67 bits per heavy atom. The second kappa shape index (κ2) is 12.4. The predicted octanol–water partition coefficient (Wildman–Crippen LogP) is 4.26. The Morgan fingerprint density at radius 3 is 2.30 bits per heavy atom. The first-order chi connectivity index (χ1) is 15.9. The molecular weight excluding hydrogens is 458 g/mol. The SMILES string of the molecule is N#Cc1ccc(CC(CCCCCCSc2ccc(OS(N)(=O)=O)cc2)n2cnnc2)cc1. The summed E-state index contributed by atoms with van der Waals surface area (Å²) < 4.78 is 28.6. The molecule has 33 heavy (non-hydrogen) atoms. The monoisotopic (exact) mass is 485 g/mol. The number of hydrogen-bond acceptors (Lipinski definition) is 7. The third-order valence-corrected chi connectivity index (χ3v) is 6.67. The Balaban J connectivity index is 1.37. The first-order valence-electron chi connectivity index (χ1n) is 10.7. The third kappa shape index (κ3) is 8.88. The van der Waals surface area contributed by atoms with Crippen LogP contribution in [0.3, 0.4) is 0 Å². The maximum Gasteiger partial charge on any atom is 0.380 e. The number of thioether (sulfide) groups is 1. The summed E-state index contributed by atoms with van der Waals surface area (Å²) in [5.41, 5.74) is 1.87. The van der Waals surface area contributed by atoms with Crippen molar-refractivity contribution in [1.82, 2.24) is 14.8 Å². The lowest BCUT2D eigenvalue weighted by molar-refractivity contribution is 0.436. The summed E-state index contributed by atoms with van der Waals surface area (Å²) in [5.74, 6) is 1.21. The average Bonchev–Trinajstić information content (AvgIpc) is 3.33. The lowest BCUT2D eigenvalue weighted by Crippen LogP contribution is -2.18. The number of nitrogens with zero attached hydrogens (tertiary/aromatic N) is 4. The maximum absolute atomic E-state index is 10.9. The minimum absolute atomic E-state index is 0.213. The van der Waals surface area contributed by atoms with Crippen LogP contribution >= 0.6 is 11.8 Å². The molecule has 0 saturated heterocycles. The number of nitriles is 1. The highest BCUT2D eigenvalue weighted by molar-refractivity contribution is 7.99. The summed E-state index contributed by atoms with van der Waals surface area (Å²) in [6.45, 7) is 0. The molecular formula is C23H27N5O3S2. The molecule has 0 aliphatic rings. The van der Waals surface area contributed by atoms with Crippen LogP contribution in [0.25, 0.3) is 0 Å². The molecule has 0 aliphatic carbocycles. The second-order valence-corrected chi connectivity index (χ2v) is 10.00. The van der Waals surface area contributed by atoms with Crippen molar-refractivity contribution in [2.75, 3.05) is 5.75 Å². The summed E-state index contributed by atoms with van der Waals surface area (Å²) in [6.07, 6.45) is 9.96. The molecule has 0 radical (unpaired) electrons. The number of aromatic nitrogens is 3. The van der Waals surface area contributed by atoms with E-state index in [0.717, 1.165) is 49.2 Å². The van der Waals surface area contributed by atoms with Crippen LogP contribution in [0.1, 0.15) is 49.3 Å². The Morgan fingerprint density at radius 1 is 1.00 bits per heavy atom. The quantitative estimate of drug-likeness (QED) is 0.283. The highest BCUT2D eigenvalue weighted by Gasteiger charge is 2.12. The first-order valence-corrected chi connectivity index (χ1v) is 13.2. The molecule has 0 spiro atoms. The molecule has 1 atom stereocenters. The van der Waals surface area contributed by atoms with Crippen molar-refractivity contribution in [2.24, 2.45) is 5.14 Å². The van der Waals surface area contributed by atoms with Gasteiger partial charge in [-0.25, -0.2) is 0 Å². The Bertz CT molecular complexity index is 1130. The van der Waals surface area contributed by atoms with Gasteiger partial charge >= 0.3 is 10.3 Å². The van der Waals surface area contributed by atoms with Gasteiger partial charge in [-0.2, -0.15) is 18.8 Å². The predicted molar refractivity (Wildman–Crippen MR) is 128 cm³/mol. The summed E-state index contributed by atoms with van der Waals surface area (Å²) in [6, 6.07) is 17.1. The van der Waals surface area contributed by atoms with Crippen molar-refractivity contribution < 1.29 is 12.6 Å². The lowest BCUT2D eigenvalue weighted by Gasteiger charge is -2.18. The summed E-state index contributed by atoms with van der Waals surface area (Å²) in [4.78, 5) is 1.06. The van der Waals surface area contributed by atoms with Gasteiger partial charge in [0.25, 0.3) is 0 Å². The van der Waals surface area contributed by atoms with Crippen molar-refractivity contribution >= 4 is 22.1 Å². The fraction of sp³-hybridized carbons (Fsp3) is 0.348. The van der Waals surface area contributed by atoms with Crippen LogP contribution in [0.15, 0.2) is 66.1 Å². The van der Waals surface area contributed by atoms with E-state index in [9.17, 15) is 8.42 Å². The number of nitrogens with two attached hydrogens (primary N) is 1. The average molecular weight is 486 g/mol. The number of hydrogen-bond donors (Lipinski definition) is 1. The smallest absolute Gasteiger partial charge is 0.371 e. The molecule has 2 N–H and O–H groups in total. The van der Waals surface area contributed by atoms with Crippen LogP contribution in [0.5, 0.6) is 5.75 Å². The lowest BCUT2D eigenvalue weighted by atomic mass is 9.99. The molecule has 2 aromatic carbocycles. The zero-order chi connectivity index (χ0) is 23.5. The largest absolute Gasteiger partial charge is 0.380 e. The Labute approximate surface area is 199 Å². The minimum atomic E-state index is -3.99. The fourth-order valence-electron chi connectivity index (χ4n) is 3.49. The van der Waals surface area contributed by atoms with Crippen molar-refractivity contribution in [3.05, 3.63) is 72.3 Å². The van der Waals surface area contributed by atoms with Gasteiger partial charge in [0.2, 0.25) is 0 Å². The number of benzene rings is 2. The molecule has 1 heterocycles. The van der Waals surface area contributed by atoms with Crippen LogP contribution in [0, 0.1) is 11.3 Å². The zero-order valence-corrected chi connectivity index (χ0v) is 19.8. The van der Waals surface area contributed by atoms with E-state index in [-0.39, 0.29) is 5.75 Å². The van der Waals surface area contributed by atoms with Crippen LogP contribution in [0.4, 0.5) is 0 Å². The van der Waals surface area contributed by atoms with Crippen molar-refractivity contribution in [3.8, 4) is 11.8 Å². The zero-order valence-electron chi connectivity index (χ0n) is 18.2. The molecule has 3 aromatic rings. The van der Waals surface area contributed by atoms with Crippen LogP contribution in [-0.4, -0.2) is 28.9 Å². The van der Waals surface area contributed by atoms with Crippen molar-refractivity contribution in [1.29, 1.82) is 5.26 Å². The Hall–Kier alpha value is -2.87. The van der Waals surface area contributed by atoms with Gasteiger partial charge in [-0.05, 0) is 67.0 Å². The number of unbranched alkanes of at least 4 members (excludes halogenated alkanes) is 3. The highest BCUT2D eigenvalue weighted by Crippen LogP contribution is 2.24. The third-order valence-electron chi connectivity index (χ3n) is 5.15. The summed E-state index contributed by atoms with van der Waals surface area (Å²) >= 11 is 1.73. The molecule has 10 heteroatoms. The molecule has 0 aliphatic heterocycles. The normalized spacial score (nSPS) is 12.2. The van der Waals surface area contributed by atoms with Gasteiger partial charge in [-0.3, -0.25) is 0 Å². The van der Waals surface area contributed by atoms with Gasteiger partial charge in [0.1, 0.15) is 18.4 Å². The second-order valence-electron chi connectivity index (χ2n) is 7.67. The van der Waals surface area contributed by atoms with Gasteiger partial charge < -0.3 is 8.75 Å². The number of rotatable bonds is 13. The van der Waals surface area contributed by atoms with Gasteiger partial charge in [0, 0.05) is 10.9 Å². The van der Waals surface area contributed by atoms with Crippen LogP contribution in [-0.2, 0) is 16.7 Å². The van der Waals surface area contributed by atoms with E-state index >= 15 is 0 Å². The Kier molecular flexibility index (Phi) is 9.30. The molecule has 1 unspecified atom stereocenters. The molecule has 0 saturated carbocycles. The first kappa shape index (κ1) is 24.8. The van der Waals surface area contributed by atoms with E-state index in [1.807, 2.05) is 36.4 Å². The maximum atomic E-state index is 10.9. The van der Waals surface area contributed by atoms with E-state index in [1.165, 1.54) is 5.56 Å². The minimum Gasteiger partial charge on any atom is -0.371 e. The summed E-state index contributed by atoms with van der Waals surface area (Å²) in [5, 5.41) is 21.8. The fourth-order valence-corrected chi connectivity index (χ4v) is 4.78. The van der Waals surface area contributed by atoms with E-state index in [1.54, 1.807) is 36.5 Å². The van der Waals surface area contributed by atoms with Crippen molar-refractivity contribution in [3.63, 3.8) is 0 Å². The van der Waals surface area contributed by atoms with E-state index in [2.05, 4.69) is 25.0 Å². The van der Waals surface area contributed by atoms with Gasteiger partial charge in [-0.1, -0.05) is 31.4 Å². The molecule has 3 rings (SSSR count). The molecule has 0 amide bonds. The molecule has 0 bridgehead atoms. The van der Waals surface area contributed by atoms with Crippen LogP contribution in [0.2, 0.25) is 0 Å². The molecule has 8 nitrogen and oxygen atoms in total. The molecule has 1 aromatic heterocycles. The summed E-state index contributed by atoms with van der Waals surface area (Å²) in [7, 11) is -3.99. The van der Waals surface area contributed by atoms with E-state index in [4.69, 9.17) is 10.4 Å². The van der Waals surface area contributed by atoms with Gasteiger partial charge in [0.15, 0.2) is 0 Å². The molecule has 0 fully saturated rings. The standard InChI is InChI=1S/C23H27N5O3S2/c24-16-20-8-6-19(7-9-20)15-21(28-17-26-27-18-28)5-3-1-2-4-14-32-23-12-10-22(11-13-23)31-33(25,29)30/h6-13,17-18,21H,1-5,14-15H2,(H2,25,29,30). The van der Waals surface area contributed by atoms with Gasteiger partial charge in [0.05, 0.1) is 11.6 Å². The van der Waals surface area contributed by atoms with Crippen molar-refractivity contribution in [2.45, 2.75) is 49.5 Å². The van der Waals surface area contributed by atoms with E-state index in [0.29, 0.717) is 11.6 Å². The topological polar surface area (TPSA) is 124 Å².